The number of ether oxygens (including phenoxy) is 2. The largest absolute Gasteiger partial charge is 0.531 e. The van der Waals surface area contributed by atoms with Gasteiger partial charge < -0.3 is 36.0 Å². The molecule has 0 aliphatic carbocycles. The zero-order chi connectivity index (χ0) is 25.9. The lowest BCUT2D eigenvalue weighted by Crippen LogP contribution is -2.57. The maximum absolute atomic E-state index is 5.86. The van der Waals surface area contributed by atoms with Crippen LogP contribution in [0.2, 0.25) is 0 Å². The van der Waals surface area contributed by atoms with Crippen LogP contribution in [0.25, 0.3) is 0 Å². The van der Waals surface area contributed by atoms with E-state index in [-0.39, 0.29) is 11.5 Å². The molecule has 0 saturated heterocycles. The molecular formula is C23H50O8Si2. The van der Waals surface area contributed by atoms with Crippen molar-refractivity contribution in [3.63, 3.8) is 0 Å². The first-order valence-corrected chi connectivity index (χ1v) is 15.3. The van der Waals surface area contributed by atoms with E-state index in [1.165, 1.54) is 0 Å². The highest BCUT2D eigenvalue weighted by Gasteiger charge is 2.49. The molecule has 0 N–H and O–H groups in total. The molecule has 0 aromatic heterocycles. The average molecular weight is 511 g/mol. The van der Waals surface area contributed by atoms with E-state index in [0.717, 1.165) is 24.0 Å². The van der Waals surface area contributed by atoms with Crippen molar-refractivity contribution in [2.45, 2.75) is 72.8 Å². The van der Waals surface area contributed by atoms with E-state index in [4.69, 9.17) is 36.0 Å². The molecule has 0 aliphatic rings. The Hall–Kier alpha value is -0.406. The molecule has 0 bridgehead atoms. The minimum absolute atomic E-state index is 0.131. The molecule has 0 amide bonds. The lowest BCUT2D eigenvalue weighted by atomic mass is 10.4. The summed E-state index contributed by atoms with van der Waals surface area (Å²) < 4.78 is 45.1. The maximum Gasteiger partial charge on any atom is 0.531 e. The van der Waals surface area contributed by atoms with Crippen LogP contribution >= 0.6 is 0 Å². The zero-order valence-electron chi connectivity index (χ0n) is 22.8. The highest BCUT2D eigenvalue weighted by molar-refractivity contribution is 6.62. The quantitative estimate of drug-likeness (QED) is 0.183. The Bertz CT molecular complexity index is 489. The van der Waals surface area contributed by atoms with Crippen LogP contribution in [-0.4, -0.2) is 83.4 Å². The standard InChI is InChI=1S/C13H28O4Si.C10H22O4Si/c1-7-13(14-11-12(5)6)18(15-8-2,16-9-3)17-10-4;1-7-10(14-8-9(2)3)15(11-4,12-5)13-6/h13H,5,7-11H2,1-4,6H3;10H,2,7-8H2,1,3-6H3. The van der Waals surface area contributed by atoms with E-state index in [9.17, 15) is 0 Å². The second-order valence-electron chi connectivity index (χ2n) is 7.45. The summed E-state index contributed by atoms with van der Waals surface area (Å²) in [5.41, 5.74) is 1.68. The Labute approximate surface area is 205 Å². The van der Waals surface area contributed by atoms with Gasteiger partial charge in [-0.15, -0.1) is 0 Å². The molecule has 0 aromatic carbocycles. The summed E-state index contributed by atoms with van der Waals surface area (Å²) in [6.07, 6.45) is 1.59. The first-order valence-electron chi connectivity index (χ1n) is 11.7. The zero-order valence-corrected chi connectivity index (χ0v) is 24.8. The Morgan fingerprint density at radius 1 is 0.606 bits per heavy atom. The van der Waals surface area contributed by atoms with Gasteiger partial charge in [0.1, 0.15) is 11.5 Å². The topological polar surface area (TPSA) is 73.8 Å². The molecule has 0 aliphatic heterocycles. The van der Waals surface area contributed by atoms with E-state index in [1.807, 2.05) is 41.5 Å². The maximum atomic E-state index is 5.86. The summed E-state index contributed by atoms with van der Waals surface area (Å²) in [7, 11) is -0.664. The van der Waals surface area contributed by atoms with E-state index in [2.05, 4.69) is 20.1 Å². The minimum Gasteiger partial charge on any atom is -0.375 e. The van der Waals surface area contributed by atoms with Crippen molar-refractivity contribution in [2.75, 3.05) is 54.4 Å². The second-order valence-corrected chi connectivity index (χ2v) is 13.2. The van der Waals surface area contributed by atoms with Crippen LogP contribution in [0.5, 0.6) is 0 Å². The average Bonchev–Trinajstić information content (AvgIpc) is 2.78. The molecule has 2 atom stereocenters. The van der Waals surface area contributed by atoms with E-state index < -0.39 is 17.6 Å². The molecule has 0 fully saturated rings. The monoisotopic (exact) mass is 510 g/mol. The molecule has 0 heterocycles. The summed E-state index contributed by atoms with van der Waals surface area (Å²) in [4.78, 5) is 0. The molecule has 0 saturated carbocycles. The number of rotatable bonds is 19. The van der Waals surface area contributed by atoms with Gasteiger partial charge in [0.25, 0.3) is 0 Å². The van der Waals surface area contributed by atoms with Gasteiger partial charge >= 0.3 is 17.6 Å². The van der Waals surface area contributed by atoms with Crippen LogP contribution in [0, 0.1) is 0 Å². The number of hydrogen-bond donors (Lipinski definition) is 0. The van der Waals surface area contributed by atoms with Gasteiger partial charge in [-0.05, 0) is 47.5 Å². The smallest absolute Gasteiger partial charge is 0.375 e. The summed E-state index contributed by atoms with van der Waals surface area (Å²) >= 11 is 0. The third kappa shape index (κ3) is 12.7. The highest BCUT2D eigenvalue weighted by Crippen LogP contribution is 2.21. The van der Waals surface area contributed by atoms with Crippen LogP contribution in [0.4, 0.5) is 0 Å². The Kier molecular flexibility index (Phi) is 20.9. The number of hydrogen-bond acceptors (Lipinski definition) is 8. The normalized spacial score (nSPS) is 13.8. The molecule has 8 nitrogen and oxygen atoms in total. The summed E-state index contributed by atoms with van der Waals surface area (Å²) in [5.74, 6) is 0. The molecule has 0 aromatic rings. The molecule has 0 radical (unpaired) electrons. The van der Waals surface area contributed by atoms with E-state index in [0.29, 0.717) is 33.0 Å². The molecule has 10 heteroatoms. The van der Waals surface area contributed by atoms with Gasteiger partial charge in [0.05, 0.1) is 13.2 Å². The fourth-order valence-electron chi connectivity index (χ4n) is 3.08. The molecular weight excluding hydrogens is 460 g/mol. The fraction of sp³-hybridized carbons (Fsp3) is 0.826. The third-order valence-electron chi connectivity index (χ3n) is 4.48. The Morgan fingerprint density at radius 3 is 1.12 bits per heavy atom. The lowest BCUT2D eigenvalue weighted by molar-refractivity contribution is -0.00508. The van der Waals surface area contributed by atoms with Crippen LogP contribution in [-0.2, 0) is 36.0 Å². The predicted molar refractivity (Wildman–Crippen MR) is 137 cm³/mol. The van der Waals surface area contributed by atoms with Gasteiger partial charge in [0, 0.05) is 41.2 Å². The van der Waals surface area contributed by atoms with Gasteiger partial charge in [0.15, 0.2) is 0 Å². The molecule has 0 rings (SSSR count). The van der Waals surface area contributed by atoms with Crippen LogP contribution < -0.4 is 0 Å². The predicted octanol–water partition coefficient (Wildman–Crippen LogP) is 4.72. The first kappa shape index (κ1) is 34.8. The van der Waals surface area contributed by atoms with Crippen molar-refractivity contribution < 1.29 is 36.0 Å². The summed E-state index contributed by atoms with van der Waals surface area (Å²) in [6.45, 7) is 24.1. The molecule has 198 valence electrons. The SMILES string of the molecule is C=C(C)COC(CC)[Si](OC)(OC)OC.C=C(C)COC(CC)[Si](OCC)(OCC)OCC. The highest BCUT2D eigenvalue weighted by atomic mass is 28.4. The first-order chi connectivity index (χ1) is 15.6. The Balaban J connectivity index is 0. The molecule has 33 heavy (non-hydrogen) atoms. The van der Waals surface area contributed by atoms with Crippen molar-refractivity contribution in [1.82, 2.24) is 0 Å². The molecule has 2 unspecified atom stereocenters. The minimum atomic E-state index is -2.76. The fourth-order valence-corrected chi connectivity index (χ4v) is 7.96. The summed E-state index contributed by atoms with van der Waals surface area (Å²) in [5, 5.41) is 0. The van der Waals surface area contributed by atoms with Gasteiger partial charge in [-0.25, -0.2) is 0 Å². The van der Waals surface area contributed by atoms with Crippen molar-refractivity contribution in [3.05, 3.63) is 24.3 Å². The lowest BCUT2D eigenvalue weighted by Gasteiger charge is -2.34. The van der Waals surface area contributed by atoms with Crippen molar-refractivity contribution in [2.24, 2.45) is 0 Å². The van der Waals surface area contributed by atoms with Gasteiger partial charge in [0.2, 0.25) is 0 Å². The van der Waals surface area contributed by atoms with Crippen molar-refractivity contribution >= 4 is 17.6 Å². The Morgan fingerprint density at radius 2 is 0.909 bits per heavy atom. The molecule has 0 spiro atoms. The van der Waals surface area contributed by atoms with Crippen LogP contribution in [0.3, 0.4) is 0 Å². The van der Waals surface area contributed by atoms with Gasteiger partial charge in [-0.2, -0.15) is 0 Å². The summed E-state index contributed by atoms with van der Waals surface area (Å²) in [6, 6.07) is 0. The van der Waals surface area contributed by atoms with Gasteiger partial charge in [-0.1, -0.05) is 38.2 Å². The van der Waals surface area contributed by atoms with Crippen LogP contribution in [0.15, 0.2) is 24.3 Å². The van der Waals surface area contributed by atoms with Crippen molar-refractivity contribution in [3.8, 4) is 0 Å². The van der Waals surface area contributed by atoms with Crippen LogP contribution in [0.1, 0.15) is 61.3 Å². The van der Waals surface area contributed by atoms with Crippen molar-refractivity contribution in [1.29, 1.82) is 0 Å². The van der Waals surface area contributed by atoms with E-state index in [1.54, 1.807) is 21.3 Å². The van der Waals surface area contributed by atoms with Gasteiger partial charge in [-0.3, -0.25) is 0 Å². The third-order valence-corrected chi connectivity index (χ3v) is 11.0. The second kappa shape index (κ2) is 19.9. The van der Waals surface area contributed by atoms with E-state index >= 15 is 0 Å².